The average Bonchev–Trinajstić information content (AvgIpc) is 3.18. The summed E-state index contributed by atoms with van der Waals surface area (Å²) in [6.45, 7) is 1.81. The molecule has 4 aromatic rings. The zero-order chi connectivity index (χ0) is 24.9. The molecule has 11 heteroatoms. The molecule has 180 valence electrons. The molecule has 1 aliphatic rings. The van der Waals surface area contributed by atoms with Gasteiger partial charge in [-0.05, 0) is 48.9 Å². The largest absolute Gasteiger partial charge is 0.573 e. The SMILES string of the molecule is CC(c1cc(OC(F)(F)F)ccc1F)N1CCc2ncc(-c3ccc4nc(N)sc4c3)cc2C1=O. The smallest absolute Gasteiger partial charge is 0.406 e. The van der Waals surface area contributed by atoms with Gasteiger partial charge in [-0.2, -0.15) is 0 Å². The van der Waals surface area contributed by atoms with Crippen LogP contribution in [-0.4, -0.2) is 33.7 Å². The molecule has 1 atom stereocenters. The van der Waals surface area contributed by atoms with Gasteiger partial charge < -0.3 is 15.4 Å². The molecule has 0 saturated heterocycles. The Kier molecular flexibility index (Phi) is 5.59. The van der Waals surface area contributed by atoms with Crippen molar-refractivity contribution >= 4 is 32.6 Å². The number of nitrogen functional groups attached to an aromatic ring is 1. The molecule has 1 unspecified atom stereocenters. The van der Waals surface area contributed by atoms with Gasteiger partial charge in [0, 0.05) is 30.3 Å². The second-order valence-electron chi connectivity index (χ2n) is 8.11. The molecule has 0 aliphatic carbocycles. The molecule has 6 nitrogen and oxygen atoms in total. The first-order chi connectivity index (χ1) is 16.6. The van der Waals surface area contributed by atoms with Crippen molar-refractivity contribution in [3.05, 3.63) is 71.3 Å². The van der Waals surface area contributed by atoms with E-state index in [2.05, 4.69) is 14.7 Å². The molecule has 0 fully saturated rings. The van der Waals surface area contributed by atoms with E-state index in [0.717, 1.165) is 34.0 Å². The van der Waals surface area contributed by atoms with Gasteiger partial charge in [0.1, 0.15) is 11.6 Å². The van der Waals surface area contributed by atoms with Gasteiger partial charge in [-0.3, -0.25) is 9.78 Å². The van der Waals surface area contributed by atoms with E-state index >= 15 is 0 Å². The minimum absolute atomic E-state index is 0.0686. The number of amides is 1. The molecule has 2 N–H and O–H groups in total. The second kappa shape index (κ2) is 8.49. The number of thiazole rings is 1. The summed E-state index contributed by atoms with van der Waals surface area (Å²) in [6.07, 6.45) is -2.79. The third kappa shape index (κ3) is 4.51. The van der Waals surface area contributed by atoms with Gasteiger partial charge in [0.05, 0.1) is 27.5 Å². The Balaban J connectivity index is 1.45. The number of hydrogen-bond donors (Lipinski definition) is 1. The Hall–Kier alpha value is -3.73. The highest BCUT2D eigenvalue weighted by atomic mass is 32.1. The first-order valence-corrected chi connectivity index (χ1v) is 11.4. The molecule has 1 aliphatic heterocycles. The number of aromatic nitrogens is 2. The third-order valence-electron chi connectivity index (χ3n) is 5.91. The normalized spacial score (nSPS) is 14.8. The zero-order valence-corrected chi connectivity index (χ0v) is 19.1. The van der Waals surface area contributed by atoms with Gasteiger partial charge in [-0.25, -0.2) is 9.37 Å². The molecule has 0 bridgehead atoms. The fourth-order valence-corrected chi connectivity index (χ4v) is 4.99. The molecule has 3 heterocycles. The van der Waals surface area contributed by atoms with Crippen LogP contribution in [0.2, 0.25) is 0 Å². The number of pyridine rings is 1. The standard InChI is InChI=1S/C24H18F4N4O2S/c1-12(16-10-15(3-4-18(16)25)34-24(26,27)28)32-7-6-19-17(22(32)33)8-14(11-30-19)13-2-5-20-21(9-13)35-23(29)31-20/h2-5,8-12H,6-7H2,1H3,(H2,29,31). The van der Waals surface area contributed by atoms with Crippen LogP contribution in [0, 0.1) is 5.82 Å². The van der Waals surface area contributed by atoms with Crippen molar-refractivity contribution in [2.75, 3.05) is 12.3 Å². The Morgan fingerprint density at radius 3 is 2.71 bits per heavy atom. The van der Waals surface area contributed by atoms with Crippen molar-refractivity contribution in [3.8, 4) is 16.9 Å². The molecule has 35 heavy (non-hydrogen) atoms. The van der Waals surface area contributed by atoms with E-state index < -0.39 is 24.0 Å². The summed E-state index contributed by atoms with van der Waals surface area (Å²) in [5.41, 5.74) is 9.02. The number of nitrogens with two attached hydrogens (primary N) is 1. The Labute approximate surface area is 201 Å². The lowest BCUT2D eigenvalue weighted by molar-refractivity contribution is -0.274. The summed E-state index contributed by atoms with van der Waals surface area (Å²) in [4.78, 5) is 23.5. The van der Waals surface area contributed by atoms with Crippen LogP contribution in [0.25, 0.3) is 21.3 Å². The van der Waals surface area contributed by atoms with Crippen molar-refractivity contribution in [1.29, 1.82) is 0 Å². The average molecular weight is 502 g/mol. The minimum atomic E-state index is -4.91. The molecule has 0 radical (unpaired) electrons. The Morgan fingerprint density at radius 2 is 1.94 bits per heavy atom. The van der Waals surface area contributed by atoms with Crippen LogP contribution in [0.5, 0.6) is 5.75 Å². The minimum Gasteiger partial charge on any atom is -0.406 e. The van der Waals surface area contributed by atoms with Crippen molar-refractivity contribution in [2.24, 2.45) is 0 Å². The van der Waals surface area contributed by atoms with Crippen LogP contribution < -0.4 is 10.5 Å². The predicted octanol–water partition coefficient (Wildman–Crippen LogP) is 5.74. The monoisotopic (exact) mass is 502 g/mol. The van der Waals surface area contributed by atoms with Crippen molar-refractivity contribution < 1.29 is 27.1 Å². The number of fused-ring (bicyclic) bond motifs is 2. The highest BCUT2D eigenvalue weighted by Crippen LogP contribution is 2.34. The number of carbonyl (C=O) groups excluding carboxylic acids is 1. The molecule has 5 rings (SSSR count). The number of alkyl halides is 3. The number of nitrogens with zero attached hydrogens (tertiary/aromatic N) is 3. The predicted molar refractivity (Wildman–Crippen MR) is 124 cm³/mol. The topological polar surface area (TPSA) is 81.3 Å². The highest BCUT2D eigenvalue weighted by Gasteiger charge is 2.33. The highest BCUT2D eigenvalue weighted by molar-refractivity contribution is 7.22. The molecule has 0 spiro atoms. The number of anilines is 1. The van der Waals surface area contributed by atoms with E-state index in [9.17, 15) is 22.4 Å². The Morgan fingerprint density at radius 1 is 1.14 bits per heavy atom. The first-order valence-electron chi connectivity index (χ1n) is 10.6. The van der Waals surface area contributed by atoms with E-state index in [1.165, 1.54) is 16.2 Å². The fourth-order valence-electron chi connectivity index (χ4n) is 4.22. The molecular weight excluding hydrogens is 484 g/mol. The van der Waals surface area contributed by atoms with E-state index in [0.29, 0.717) is 28.4 Å². The number of halogens is 4. The molecular formula is C24H18F4N4O2S. The van der Waals surface area contributed by atoms with Crippen LogP contribution in [0.3, 0.4) is 0 Å². The molecule has 2 aromatic heterocycles. The summed E-state index contributed by atoms with van der Waals surface area (Å²) in [6, 6.07) is 9.30. The van der Waals surface area contributed by atoms with Crippen LogP contribution in [0.1, 0.15) is 34.6 Å². The van der Waals surface area contributed by atoms with Gasteiger partial charge in [-0.1, -0.05) is 17.4 Å². The van der Waals surface area contributed by atoms with Gasteiger partial charge in [0.25, 0.3) is 5.91 Å². The lowest BCUT2D eigenvalue weighted by Crippen LogP contribution is -2.40. The number of carbonyl (C=O) groups is 1. The van der Waals surface area contributed by atoms with Crippen molar-refractivity contribution in [1.82, 2.24) is 14.9 Å². The molecule has 2 aromatic carbocycles. The quantitative estimate of drug-likeness (QED) is 0.360. The number of hydrogen-bond acceptors (Lipinski definition) is 6. The third-order valence-corrected chi connectivity index (χ3v) is 6.76. The number of rotatable bonds is 4. The molecule has 1 amide bonds. The van der Waals surface area contributed by atoms with Crippen LogP contribution in [-0.2, 0) is 6.42 Å². The number of benzene rings is 2. The zero-order valence-electron chi connectivity index (χ0n) is 18.3. The number of ether oxygens (including phenoxy) is 1. The summed E-state index contributed by atoms with van der Waals surface area (Å²) in [7, 11) is 0. The second-order valence-corrected chi connectivity index (χ2v) is 9.17. The van der Waals surface area contributed by atoms with Crippen molar-refractivity contribution in [2.45, 2.75) is 25.7 Å². The van der Waals surface area contributed by atoms with Gasteiger partial charge >= 0.3 is 6.36 Å². The summed E-state index contributed by atoms with van der Waals surface area (Å²) in [5.74, 6) is -1.65. The van der Waals surface area contributed by atoms with Crippen LogP contribution in [0.4, 0.5) is 22.7 Å². The van der Waals surface area contributed by atoms with E-state index in [4.69, 9.17) is 5.73 Å². The summed E-state index contributed by atoms with van der Waals surface area (Å²) >= 11 is 1.35. The van der Waals surface area contributed by atoms with Crippen LogP contribution >= 0.6 is 11.3 Å². The van der Waals surface area contributed by atoms with Gasteiger partial charge in [0.15, 0.2) is 5.13 Å². The van der Waals surface area contributed by atoms with E-state index in [-0.39, 0.29) is 18.0 Å². The maximum absolute atomic E-state index is 14.5. The van der Waals surface area contributed by atoms with Crippen LogP contribution in [0.15, 0.2) is 48.7 Å². The van der Waals surface area contributed by atoms with Gasteiger partial charge in [-0.15, -0.1) is 13.2 Å². The van der Waals surface area contributed by atoms with Gasteiger partial charge in [0.2, 0.25) is 0 Å². The fraction of sp³-hybridized carbons (Fsp3) is 0.208. The maximum Gasteiger partial charge on any atom is 0.573 e. The first kappa shape index (κ1) is 23.0. The van der Waals surface area contributed by atoms with Crippen molar-refractivity contribution in [3.63, 3.8) is 0 Å². The van der Waals surface area contributed by atoms with E-state index in [1.807, 2.05) is 18.2 Å². The molecule has 0 saturated carbocycles. The lowest BCUT2D eigenvalue weighted by atomic mass is 9.97. The summed E-state index contributed by atoms with van der Waals surface area (Å²) < 4.78 is 57.2. The van der Waals surface area contributed by atoms with E-state index in [1.54, 1.807) is 19.2 Å². The lowest BCUT2D eigenvalue weighted by Gasteiger charge is -2.34. The Bertz CT molecular complexity index is 1450. The summed E-state index contributed by atoms with van der Waals surface area (Å²) in [5, 5.41) is 0.456. The maximum atomic E-state index is 14.5.